The van der Waals surface area contributed by atoms with Gasteiger partial charge in [0.2, 0.25) is 0 Å². The third kappa shape index (κ3) is 5.25. The minimum Gasteiger partial charge on any atom is -0.382 e. The summed E-state index contributed by atoms with van der Waals surface area (Å²) < 4.78 is 10.9. The molecule has 1 saturated heterocycles. The van der Waals surface area contributed by atoms with E-state index in [2.05, 4.69) is 26.4 Å². The summed E-state index contributed by atoms with van der Waals surface area (Å²) >= 11 is 6.12. The first-order valence-electron chi connectivity index (χ1n) is 8.53. The maximum atomic E-state index is 6.12. The topological polar surface area (TPSA) is 61.9 Å². The predicted molar refractivity (Wildman–Crippen MR) is 117 cm³/mol. The number of halogens is 2. The molecule has 26 heavy (non-hydrogen) atoms. The number of H-pyrrole nitrogens is 1. The van der Waals surface area contributed by atoms with E-state index in [1.807, 2.05) is 25.2 Å². The number of benzene rings is 1. The number of nitrogens with zero attached hydrogens (tertiary/aromatic N) is 2. The zero-order chi connectivity index (χ0) is 17.6. The molecule has 3 rings (SSSR count). The van der Waals surface area contributed by atoms with Gasteiger partial charge in [-0.2, -0.15) is 0 Å². The van der Waals surface area contributed by atoms with Crippen molar-refractivity contribution in [2.75, 3.05) is 47.0 Å². The minimum atomic E-state index is 0. The van der Waals surface area contributed by atoms with Crippen molar-refractivity contribution in [1.29, 1.82) is 0 Å². The first-order chi connectivity index (χ1) is 12.2. The van der Waals surface area contributed by atoms with E-state index in [4.69, 9.17) is 21.1 Å². The Morgan fingerprint density at radius 1 is 1.50 bits per heavy atom. The van der Waals surface area contributed by atoms with E-state index in [9.17, 15) is 0 Å². The number of fused-ring (bicyclic) bond motifs is 1. The van der Waals surface area contributed by atoms with Gasteiger partial charge >= 0.3 is 0 Å². The van der Waals surface area contributed by atoms with Gasteiger partial charge in [-0.1, -0.05) is 11.6 Å². The Hall–Kier alpha value is -1.03. The van der Waals surface area contributed by atoms with Crippen LogP contribution in [0.1, 0.15) is 5.56 Å². The fourth-order valence-corrected chi connectivity index (χ4v) is 3.37. The molecule has 1 atom stereocenters. The molecule has 1 aromatic heterocycles. The van der Waals surface area contributed by atoms with E-state index in [-0.39, 0.29) is 30.1 Å². The number of rotatable bonds is 5. The summed E-state index contributed by atoms with van der Waals surface area (Å²) in [5.74, 6) is 0.905. The SMILES string of the molecule is CN=C(NCCc1c[nH]c2ccc(Cl)cc12)N1CCOC(COC)C1.I. The van der Waals surface area contributed by atoms with Crippen molar-refractivity contribution in [1.82, 2.24) is 15.2 Å². The van der Waals surface area contributed by atoms with E-state index < -0.39 is 0 Å². The summed E-state index contributed by atoms with van der Waals surface area (Å²) in [6.45, 7) is 3.72. The Bertz CT molecular complexity index is 735. The van der Waals surface area contributed by atoms with E-state index >= 15 is 0 Å². The Morgan fingerprint density at radius 3 is 3.12 bits per heavy atom. The van der Waals surface area contributed by atoms with E-state index in [0.717, 1.165) is 42.6 Å². The highest BCUT2D eigenvalue weighted by Gasteiger charge is 2.22. The molecule has 1 aromatic carbocycles. The Morgan fingerprint density at radius 2 is 2.35 bits per heavy atom. The van der Waals surface area contributed by atoms with E-state index in [1.165, 1.54) is 10.9 Å². The first kappa shape index (κ1) is 21.3. The molecule has 0 spiro atoms. The lowest BCUT2D eigenvalue weighted by Gasteiger charge is -2.34. The number of hydrogen-bond acceptors (Lipinski definition) is 3. The summed E-state index contributed by atoms with van der Waals surface area (Å²) in [6, 6.07) is 5.92. The van der Waals surface area contributed by atoms with Crippen molar-refractivity contribution in [2.45, 2.75) is 12.5 Å². The van der Waals surface area contributed by atoms with Crippen LogP contribution in [0.4, 0.5) is 0 Å². The molecule has 1 aliphatic rings. The van der Waals surface area contributed by atoms with Gasteiger partial charge in [0.25, 0.3) is 0 Å². The van der Waals surface area contributed by atoms with Gasteiger partial charge in [-0.25, -0.2) is 0 Å². The number of guanidine groups is 1. The third-order valence-electron chi connectivity index (χ3n) is 4.41. The van der Waals surface area contributed by atoms with Crippen LogP contribution in [0, 0.1) is 0 Å². The van der Waals surface area contributed by atoms with Crippen LogP contribution in [-0.2, 0) is 15.9 Å². The summed E-state index contributed by atoms with van der Waals surface area (Å²) in [6.07, 6.45) is 3.04. The molecule has 1 aliphatic heterocycles. The molecule has 0 bridgehead atoms. The smallest absolute Gasteiger partial charge is 0.193 e. The van der Waals surface area contributed by atoms with Crippen LogP contribution in [0.3, 0.4) is 0 Å². The van der Waals surface area contributed by atoms with Gasteiger partial charge in [0.15, 0.2) is 5.96 Å². The molecule has 0 saturated carbocycles. The van der Waals surface area contributed by atoms with Gasteiger partial charge in [-0.05, 0) is 30.2 Å². The average molecular weight is 493 g/mol. The van der Waals surface area contributed by atoms with Crippen LogP contribution in [0.5, 0.6) is 0 Å². The number of ether oxygens (including phenoxy) is 2. The maximum Gasteiger partial charge on any atom is 0.193 e. The number of methoxy groups -OCH3 is 1. The zero-order valence-electron chi connectivity index (χ0n) is 15.1. The van der Waals surface area contributed by atoms with Gasteiger partial charge in [-0.15, -0.1) is 24.0 Å². The highest BCUT2D eigenvalue weighted by atomic mass is 127. The van der Waals surface area contributed by atoms with Gasteiger partial charge in [0, 0.05) is 55.9 Å². The molecule has 0 aliphatic carbocycles. The fraction of sp³-hybridized carbons (Fsp3) is 0.500. The van der Waals surface area contributed by atoms with Crippen LogP contribution in [-0.4, -0.2) is 69.0 Å². The number of aromatic amines is 1. The molecular weight excluding hydrogens is 467 g/mol. The van der Waals surface area contributed by atoms with Crippen molar-refractivity contribution in [2.24, 2.45) is 4.99 Å². The summed E-state index contributed by atoms with van der Waals surface area (Å²) in [5, 5.41) is 5.39. The van der Waals surface area contributed by atoms with E-state index in [1.54, 1.807) is 7.11 Å². The number of nitrogens with one attached hydrogen (secondary N) is 2. The molecule has 2 heterocycles. The molecule has 1 fully saturated rings. The highest BCUT2D eigenvalue weighted by Crippen LogP contribution is 2.22. The molecule has 8 heteroatoms. The van der Waals surface area contributed by atoms with Crippen molar-refractivity contribution in [3.05, 3.63) is 35.0 Å². The van der Waals surface area contributed by atoms with Crippen LogP contribution < -0.4 is 5.32 Å². The lowest BCUT2D eigenvalue weighted by Crippen LogP contribution is -2.51. The van der Waals surface area contributed by atoms with Crippen LogP contribution in [0.15, 0.2) is 29.4 Å². The van der Waals surface area contributed by atoms with Crippen molar-refractivity contribution >= 4 is 52.4 Å². The van der Waals surface area contributed by atoms with Crippen molar-refractivity contribution in [3.8, 4) is 0 Å². The monoisotopic (exact) mass is 492 g/mol. The molecular formula is C18H26ClIN4O2. The highest BCUT2D eigenvalue weighted by molar-refractivity contribution is 14.0. The largest absolute Gasteiger partial charge is 0.382 e. The van der Waals surface area contributed by atoms with E-state index in [0.29, 0.717) is 13.2 Å². The summed E-state index contributed by atoms with van der Waals surface area (Å²) in [7, 11) is 3.51. The van der Waals surface area contributed by atoms with Gasteiger partial charge in [-0.3, -0.25) is 4.99 Å². The predicted octanol–water partition coefficient (Wildman–Crippen LogP) is 2.90. The summed E-state index contributed by atoms with van der Waals surface area (Å²) in [5.41, 5.74) is 2.36. The summed E-state index contributed by atoms with van der Waals surface area (Å²) in [4.78, 5) is 9.92. The molecule has 2 aromatic rings. The number of aliphatic imine (C=N–C) groups is 1. The van der Waals surface area contributed by atoms with Gasteiger partial charge in [0.05, 0.1) is 19.3 Å². The Kier molecular flexibility index (Phi) is 8.46. The maximum absolute atomic E-state index is 6.12. The van der Waals surface area contributed by atoms with Crippen LogP contribution in [0.25, 0.3) is 10.9 Å². The molecule has 2 N–H and O–H groups in total. The van der Waals surface area contributed by atoms with Crippen molar-refractivity contribution < 1.29 is 9.47 Å². The lowest BCUT2D eigenvalue weighted by molar-refractivity contribution is -0.0447. The molecule has 0 amide bonds. The second-order valence-electron chi connectivity index (χ2n) is 6.12. The number of hydrogen-bond donors (Lipinski definition) is 2. The van der Waals surface area contributed by atoms with Gasteiger partial charge in [0.1, 0.15) is 0 Å². The molecule has 1 unspecified atom stereocenters. The average Bonchev–Trinajstić information content (AvgIpc) is 3.01. The molecule has 144 valence electrons. The minimum absolute atomic E-state index is 0. The lowest BCUT2D eigenvalue weighted by atomic mass is 10.1. The van der Waals surface area contributed by atoms with Crippen LogP contribution in [0.2, 0.25) is 5.02 Å². The van der Waals surface area contributed by atoms with Gasteiger partial charge < -0.3 is 24.7 Å². The first-order valence-corrected chi connectivity index (χ1v) is 8.90. The second-order valence-corrected chi connectivity index (χ2v) is 6.56. The molecule has 0 radical (unpaired) electrons. The fourth-order valence-electron chi connectivity index (χ4n) is 3.20. The third-order valence-corrected chi connectivity index (χ3v) is 4.64. The number of aromatic nitrogens is 1. The second kappa shape index (κ2) is 10.3. The zero-order valence-corrected chi connectivity index (χ0v) is 18.2. The van der Waals surface area contributed by atoms with Crippen LogP contribution >= 0.6 is 35.6 Å². The Labute approximate surface area is 176 Å². The number of morpholine rings is 1. The Balaban J connectivity index is 0.00000243. The van der Waals surface area contributed by atoms with Crippen molar-refractivity contribution in [3.63, 3.8) is 0 Å². The quantitative estimate of drug-likeness (QED) is 0.383. The standard InChI is InChI=1S/C18H25ClN4O2.HI/c1-20-18(23-7-8-25-15(11-23)12-24-2)21-6-5-13-10-22-17-4-3-14(19)9-16(13)17;/h3-4,9-10,15,22H,5-8,11-12H2,1-2H3,(H,20,21);1H. The normalized spacial score (nSPS) is 18.0. The molecule has 6 nitrogen and oxygen atoms in total.